The van der Waals surface area contributed by atoms with Crippen molar-refractivity contribution in [2.24, 2.45) is 16.1 Å². The van der Waals surface area contributed by atoms with Crippen LogP contribution in [0.4, 0.5) is 0 Å². The molecular formula is C11H20N2O2. The summed E-state index contributed by atoms with van der Waals surface area (Å²) in [5.41, 5.74) is 6.50. The van der Waals surface area contributed by atoms with Crippen LogP contribution in [0.3, 0.4) is 0 Å². The first kappa shape index (κ1) is 12.0. The molecule has 86 valence electrons. The molecule has 15 heavy (non-hydrogen) atoms. The van der Waals surface area contributed by atoms with Gasteiger partial charge in [0.2, 0.25) is 5.90 Å². The third-order valence-corrected chi connectivity index (χ3v) is 2.38. The van der Waals surface area contributed by atoms with E-state index in [9.17, 15) is 0 Å². The van der Waals surface area contributed by atoms with Crippen LogP contribution in [0.25, 0.3) is 0 Å². The molecule has 1 rings (SSSR count). The Balaban J connectivity index is 2.77. The topological polar surface area (TPSA) is 56.8 Å². The number of rotatable bonds is 2. The summed E-state index contributed by atoms with van der Waals surface area (Å²) in [4.78, 5) is 4.34. The molecule has 0 aliphatic carbocycles. The Kier molecular flexibility index (Phi) is 3.74. The number of aliphatic imine (C=N–C) groups is 1. The van der Waals surface area contributed by atoms with Crippen LogP contribution in [-0.4, -0.2) is 32.3 Å². The average molecular weight is 212 g/mol. The van der Waals surface area contributed by atoms with E-state index in [0.29, 0.717) is 19.0 Å². The maximum atomic E-state index is 5.60. The van der Waals surface area contributed by atoms with Gasteiger partial charge >= 0.3 is 0 Å². The summed E-state index contributed by atoms with van der Waals surface area (Å²) in [6, 6.07) is 0. The predicted molar refractivity (Wildman–Crippen MR) is 60.8 cm³/mol. The summed E-state index contributed by atoms with van der Waals surface area (Å²) >= 11 is 0. The van der Waals surface area contributed by atoms with E-state index in [-0.39, 0.29) is 11.5 Å². The molecule has 1 heterocycles. The Morgan fingerprint density at radius 1 is 1.60 bits per heavy atom. The van der Waals surface area contributed by atoms with Crippen molar-refractivity contribution in [1.29, 1.82) is 0 Å². The molecule has 1 atom stereocenters. The monoisotopic (exact) mass is 212 g/mol. The summed E-state index contributed by atoms with van der Waals surface area (Å²) in [7, 11) is 1.66. The van der Waals surface area contributed by atoms with Gasteiger partial charge in [0.15, 0.2) is 0 Å². The molecular weight excluding hydrogens is 192 g/mol. The third-order valence-electron chi connectivity index (χ3n) is 2.38. The van der Waals surface area contributed by atoms with Gasteiger partial charge in [0, 0.05) is 18.9 Å². The Bertz CT molecular complexity index is 277. The van der Waals surface area contributed by atoms with Gasteiger partial charge in [-0.3, -0.25) is 0 Å². The summed E-state index contributed by atoms with van der Waals surface area (Å²) in [5.74, 6) is 0.651. The highest BCUT2D eigenvalue weighted by Crippen LogP contribution is 2.27. The molecule has 1 aliphatic heterocycles. The molecule has 0 radical (unpaired) electrons. The van der Waals surface area contributed by atoms with Crippen LogP contribution in [0.15, 0.2) is 16.8 Å². The molecule has 1 unspecified atom stereocenters. The zero-order chi connectivity index (χ0) is 11.5. The summed E-state index contributed by atoms with van der Waals surface area (Å²) in [6.45, 7) is 7.43. The number of nitrogens with two attached hydrogens (primary N) is 1. The molecule has 0 aromatic rings. The molecule has 2 N–H and O–H groups in total. The van der Waals surface area contributed by atoms with E-state index in [1.165, 1.54) is 0 Å². The first-order chi connectivity index (χ1) is 6.99. The standard InChI is InChI=1S/C11H20N2O2/c1-11(2,3)9(5-12)10-13-6-8(14-4)7-15-10/h5,8H,6-7,12H2,1-4H3. The van der Waals surface area contributed by atoms with Gasteiger partial charge in [0.25, 0.3) is 0 Å². The normalized spacial score (nSPS) is 23.3. The van der Waals surface area contributed by atoms with Crippen LogP contribution in [0.5, 0.6) is 0 Å². The molecule has 0 spiro atoms. The van der Waals surface area contributed by atoms with E-state index >= 15 is 0 Å². The third kappa shape index (κ3) is 2.96. The predicted octanol–water partition coefficient (Wildman–Crippen LogP) is 1.32. The lowest BCUT2D eigenvalue weighted by molar-refractivity contribution is 0.0498. The second-order valence-electron chi connectivity index (χ2n) is 4.64. The van der Waals surface area contributed by atoms with Crippen LogP contribution in [0.2, 0.25) is 0 Å². The van der Waals surface area contributed by atoms with E-state index in [4.69, 9.17) is 15.2 Å². The van der Waals surface area contributed by atoms with Crippen LogP contribution in [0, 0.1) is 5.41 Å². The quantitative estimate of drug-likeness (QED) is 0.751. The Morgan fingerprint density at radius 2 is 2.27 bits per heavy atom. The average Bonchev–Trinajstić information content (AvgIpc) is 2.18. The Hall–Kier alpha value is -1.03. The first-order valence-electron chi connectivity index (χ1n) is 5.12. The number of methoxy groups -OCH3 is 1. The van der Waals surface area contributed by atoms with Crippen molar-refractivity contribution >= 4 is 5.90 Å². The lowest BCUT2D eigenvalue weighted by Gasteiger charge is -2.27. The van der Waals surface area contributed by atoms with E-state index in [2.05, 4.69) is 25.8 Å². The Labute approximate surface area is 91.2 Å². The lowest BCUT2D eigenvalue weighted by atomic mass is 9.86. The second kappa shape index (κ2) is 4.66. The van der Waals surface area contributed by atoms with Gasteiger partial charge in [0.1, 0.15) is 12.7 Å². The van der Waals surface area contributed by atoms with Crippen molar-refractivity contribution in [3.63, 3.8) is 0 Å². The molecule has 4 heteroatoms. The smallest absolute Gasteiger partial charge is 0.214 e. The largest absolute Gasteiger partial charge is 0.475 e. The van der Waals surface area contributed by atoms with Gasteiger partial charge < -0.3 is 15.2 Å². The van der Waals surface area contributed by atoms with Crippen molar-refractivity contribution in [2.45, 2.75) is 26.9 Å². The van der Waals surface area contributed by atoms with Crippen LogP contribution >= 0.6 is 0 Å². The molecule has 0 saturated carbocycles. The highest BCUT2D eigenvalue weighted by molar-refractivity contribution is 5.94. The fourth-order valence-corrected chi connectivity index (χ4v) is 1.40. The van der Waals surface area contributed by atoms with E-state index in [1.54, 1.807) is 13.3 Å². The number of hydrogen-bond donors (Lipinski definition) is 1. The van der Waals surface area contributed by atoms with E-state index in [1.807, 2.05) is 0 Å². The molecule has 1 aliphatic rings. The minimum Gasteiger partial charge on any atom is -0.475 e. The van der Waals surface area contributed by atoms with Crippen LogP contribution in [0.1, 0.15) is 20.8 Å². The zero-order valence-corrected chi connectivity index (χ0v) is 9.91. The highest BCUT2D eigenvalue weighted by atomic mass is 16.5. The van der Waals surface area contributed by atoms with E-state index in [0.717, 1.165) is 5.57 Å². The summed E-state index contributed by atoms with van der Waals surface area (Å²) in [5, 5.41) is 0. The molecule has 0 fully saturated rings. The second-order valence-corrected chi connectivity index (χ2v) is 4.64. The van der Waals surface area contributed by atoms with Gasteiger partial charge in [-0.25, -0.2) is 4.99 Å². The number of hydrogen-bond acceptors (Lipinski definition) is 4. The summed E-state index contributed by atoms with van der Waals surface area (Å²) in [6.07, 6.45) is 1.64. The number of nitrogens with zero attached hydrogens (tertiary/aromatic N) is 1. The van der Waals surface area contributed by atoms with Crippen molar-refractivity contribution < 1.29 is 9.47 Å². The highest BCUT2D eigenvalue weighted by Gasteiger charge is 2.26. The maximum absolute atomic E-state index is 5.60. The first-order valence-corrected chi connectivity index (χ1v) is 5.12. The van der Waals surface area contributed by atoms with Crippen molar-refractivity contribution in [2.75, 3.05) is 20.3 Å². The molecule has 0 saturated heterocycles. The van der Waals surface area contributed by atoms with Gasteiger partial charge in [-0.2, -0.15) is 0 Å². The van der Waals surface area contributed by atoms with Crippen LogP contribution < -0.4 is 5.73 Å². The van der Waals surface area contributed by atoms with Gasteiger partial charge in [-0.1, -0.05) is 20.8 Å². The minimum absolute atomic E-state index is 0.0481. The van der Waals surface area contributed by atoms with Crippen LogP contribution in [-0.2, 0) is 9.47 Å². The van der Waals surface area contributed by atoms with Crippen molar-refractivity contribution in [1.82, 2.24) is 0 Å². The fraction of sp³-hybridized carbons (Fsp3) is 0.727. The number of ether oxygens (including phenoxy) is 2. The van der Waals surface area contributed by atoms with E-state index < -0.39 is 0 Å². The van der Waals surface area contributed by atoms with Crippen molar-refractivity contribution in [3.8, 4) is 0 Å². The molecule has 0 aromatic heterocycles. The lowest BCUT2D eigenvalue weighted by Crippen LogP contribution is -2.33. The maximum Gasteiger partial charge on any atom is 0.214 e. The molecule has 0 bridgehead atoms. The molecule has 4 nitrogen and oxygen atoms in total. The van der Waals surface area contributed by atoms with Gasteiger partial charge in [0.05, 0.1) is 6.54 Å². The SMILES string of the molecule is COC1CN=C(C(=CN)C(C)(C)C)OC1. The fourth-order valence-electron chi connectivity index (χ4n) is 1.40. The zero-order valence-electron chi connectivity index (χ0n) is 9.91. The molecule has 0 aromatic carbocycles. The van der Waals surface area contributed by atoms with Gasteiger partial charge in [-0.05, 0) is 5.41 Å². The van der Waals surface area contributed by atoms with Crippen molar-refractivity contribution in [3.05, 3.63) is 11.8 Å². The summed E-state index contributed by atoms with van der Waals surface area (Å²) < 4.78 is 10.7. The Morgan fingerprint density at radius 3 is 2.60 bits per heavy atom. The minimum atomic E-state index is -0.0481. The molecule has 0 amide bonds. The van der Waals surface area contributed by atoms with Gasteiger partial charge in [-0.15, -0.1) is 0 Å².